The summed E-state index contributed by atoms with van der Waals surface area (Å²) < 4.78 is 93.6. The van der Waals surface area contributed by atoms with Crippen LogP contribution in [-0.4, -0.2) is 37.0 Å². The molecule has 1 aliphatic heterocycles. The summed E-state index contributed by atoms with van der Waals surface area (Å²) >= 11 is 0. The molecule has 0 saturated carbocycles. The van der Waals surface area contributed by atoms with Gasteiger partial charge in [-0.2, -0.15) is 26.3 Å². The largest absolute Gasteiger partial charge is 0.416 e. The fraction of sp³-hybridized carbons (Fsp3) is 0.458. The zero-order valence-corrected chi connectivity index (χ0v) is 19.0. The van der Waals surface area contributed by atoms with Crippen LogP contribution in [-0.2, 0) is 22.6 Å². The number of nitrogens with one attached hydrogen (secondary N) is 1. The molecule has 1 aliphatic rings. The number of hydrogen-bond acceptors (Lipinski definition) is 2. The highest BCUT2D eigenvalue weighted by molar-refractivity contribution is 5.87. The highest BCUT2D eigenvalue weighted by Gasteiger charge is 2.43. The molecular formula is C24H25F7N2O. The molecule has 1 saturated heterocycles. The van der Waals surface area contributed by atoms with Crippen LogP contribution in [0.3, 0.4) is 0 Å². The van der Waals surface area contributed by atoms with Crippen molar-refractivity contribution in [1.82, 2.24) is 10.2 Å². The monoisotopic (exact) mass is 490 g/mol. The third kappa shape index (κ3) is 5.06. The van der Waals surface area contributed by atoms with E-state index in [-0.39, 0.29) is 17.5 Å². The number of nitrogens with zero attached hydrogens (tertiary/aromatic N) is 1. The van der Waals surface area contributed by atoms with Gasteiger partial charge in [-0.1, -0.05) is 6.07 Å². The molecule has 0 aliphatic carbocycles. The molecule has 1 amide bonds. The normalized spacial score (nSPS) is 19.4. The topological polar surface area (TPSA) is 32.3 Å². The predicted molar refractivity (Wildman–Crippen MR) is 113 cm³/mol. The van der Waals surface area contributed by atoms with Crippen molar-refractivity contribution in [2.45, 2.75) is 50.5 Å². The molecule has 3 rings (SSSR count). The van der Waals surface area contributed by atoms with Crippen LogP contribution in [0.5, 0.6) is 0 Å². The quantitative estimate of drug-likeness (QED) is 0.561. The zero-order valence-electron chi connectivity index (χ0n) is 19.0. The molecule has 0 radical (unpaired) electrons. The van der Waals surface area contributed by atoms with Gasteiger partial charge in [-0.05, 0) is 67.8 Å². The van der Waals surface area contributed by atoms with Crippen molar-refractivity contribution in [3.63, 3.8) is 0 Å². The maximum Gasteiger partial charge on any atom is 0.416 e. The number of hydrogen-bond donors (Lipinski definition) is 1. The van der Waals surface area contributed by atoms with E-state index in [2.05, 4.69) is 5.32 Å². The Kier molecular flexibility index (Phi) is 6.78. The van der Waals surface area contributed by atoms with Gasteiger partial charge in [0.2, 0.25) is 5.91 Å². The molecule has 1 N–H and O–H groups in total. The number of halogens is 7. The fourth-order valence-electron chi connectivity index (χ4n) is 4.47. The van der Waals surface area contributed by atoms with Crippen LogP contribution < -0.4 is 5.32 Å². The van der Waals surface area contributed by atoms with Crippen molar-refractivity contribution < 1.29 is 35.5 Å². The minimum absolute atomic E-state index is 0.0437. The number of amides is 1. The van der Waals surface area contributed by atoms with Gasteiger partial charge in [0, 0.05) is 26.1 Å². The summed E-state index contributed by atoms with van der Waals surface area (Å²) in [5.41, 5.74) is -3.50. The highest BCUT2D eigenvalue weighted by atomic mass is 19.4. The Morgan fingerprint density at radius 3 is 1.94 bits per heavy atom. The Labute approximate surface area is 192 Å². The molecule has 3 nitrogen and oxygen atoms in total. The molecule has 1 heterocycles. The van der Waals surface area contributed by atoms with Gasteiger partial charge in [-0.25, -0.2) is 4.39 Å². The third-order valence-corrected chi connectivity index (χ3v) is 6.48. The molecule has 0 bridgehead atoms. The summed E-state index contributed by atoms with van der Waals surface area (Å²) in [6, 6.07) is 5.11. The summed E-state index contributed by atoms with van der Waals surface area (Å²) in [4.78, 5) is 14.8. The highest BCUT2D eigenvalue weighted by Crippen LogP contribution is 2.40. The van der Waals surface area contributed by atoms with Gasteiger partial charge >= 0.3 is 12.4 Å². The Bertz CT molecular complexity index is 1040. The van der Waals surface area contributed by atoms with E-state index < -0.39 is 46.7 Å². The van der Waals surface area contributed by atoms with E-state index in [1.54, 1.807) is 13.0 Å². The second-order valence-electron chi connectivity index (χ2n) is 9.17. The maximum atomic E-state index is 13.6. The van der Waals surface area contributed by atoms with Crippen molar-refractivity contribution >= 4 is 5.91 Å². The predicted octanol–water partition coefficient (Wildman–Crippen LogP) is 5.66. The van der Waals surface area contributed by atoms with Gasteiger partial charge < -0.3 is 10.2 Å². The van der Waals surface area contributed by atoms with Crippen LogP contribution in [0, 0.1) is 12.7 Å². The second kappa shape index (κ2) is 8.87. The zero-order chi connectivity index (χ0) is 25.6. The first-order chi connectivity index (χ1) is 15.5. The summed E-state index contributed by atoms with van der Waals surface area (Å²) in [5.74, 6) is -1.25. The van der Waals surface area contributed by atoms with Gasteiger partial charge in [0.1, 0.15) is 5.82 Å². The van der Waals surface area contributed by atoms with E-state index in [1.165, 1.54) is 37.9 Å². The van der Waals surface area contributed by atoms with Crippen LogP contribution >= 0.6 is 0 Å². The van der Waals surface area contributed by atoms with Crippen LogP contribution in [0.4, 0.5) is 30.7 Å². The number of carbonyl (C=O) groups excluding carboxylic acids is 1. The fourth-order valence-corrected chi connectivity index (χ4v) is 4.47. The van der Waals surface area contributed by atoms with Crippen molar-refractivity contribution in [3.05, 3.63) is 70.0 Å². The Morgan fingerprint density at radius 1 is 0.912 bits per heavy atom. The first kappa shape index (κ1) is 26.0. The SMILES string of the molecule is Cc1cc(F)ccc1[C@@H]1CNCC1N(C)C(=O)C(C)(C)c1cc(C(F)(F)F)cc(C(F)(F)F)c1. The van der Waals surface area contributed by atoms with E-state index in [1.807, 2.05) is 0 Å². The average molecular weight is 490 g/mol. The summed E-state index contributed by atoms with van der Waals surface area (Å²) in [6.45, 7) is 5.21. The standard InChI is InChI=1S/C24H25F7N2O/c1-13-7-17(25)5-6-18(13)19-11-32-12-20(19)33(4)21(34)22(2,3)14-8-15(23(26,27)28)10-16(9-14)24(29,30)31/h5-10,19-20,32H,11-12H2,1-4H3/t19-,20?/m0/s1. The number of carbonyl (C=O) groups is 1. The number of rotatable bonds is 4. The molecule has 2 aromatic rings. The van der Waals surface area contributed by atoms with Crippen molar-refractivity contribution in [1.29, 1.82) is 0 Å². The average Bonchev–Trinajstić information content (AvgIpc) is 3.20. The van der Waals surface area contributed by atoms with Crippen molar-refractivity contribution in [3.8, 4) is 0 Å². The van der Waals surface area contributed by atoms with Crippen LogP contribution in [0.15, 0.2) is 36.4 Å². The van der Waals surface area contributed by atoms with E-state index in [0.717, 1.165) is 5.56 Å². The lowest BCUT2D eigenvalue weighted by Crippen LogP contribution is -2.49. The molecule has 2 atom stereocenters. The third-order valence-electron chi connectivity index (χ3n) is 6.48. The minimum Gasteiger partial charge on any atom is -0.340 e. The summed E-state index contributed by atoms with van der Waals surface area (Å²) in [7, 11) is 1.48. The van der Waals surface area contributed by atoms with Crippen LogP contribution in [0.2, 0.25) is 0 Å². The van der Waals surface area contributed by atoms with Crippen molar-refractivity contribution in [2.24, 2.45) is 0 Å². The van der Waals surface area contributed by atoms with Crippen molar-refractivity contribution in [2.75, 3.05) is 20.1 Å². The maximum absolute atomic E-state index is 13.6. The number of benzene rings is 2. The summed E-state index contributed by atoms with van der Waals surface area (Å²) in [6.07, 6.45) is -10.0. The van der Waals surface area contributed by atoms with E-state index in [9.17, 15) is 35.5 Å². The lowest BCUT2D eigenvalue weighted by atomic mass is 9.80. The minimum atomic E-state index is -5.01. The van der Waals surface area contributed by atoms with E-state index >= 15 is 0 Å². The first-order valence-electron chi connectivity index (χ1n) is 10.6. The molecule has 0 spiro atoms. The molecule has 186 valence electrons. The number of aryl methyl sites for hydroxylation is 1. The van der Waals surface area contributed by atoms with E-state index in [0.29, 0.717) is 30.8 Å². The number of likely N-dealkylation sites (N-methyl/N-ethyl adjacent to an activating group) is 1. The van der Waals surface area contributed by atoms with Gasteiger partial charge in [0.25, 0.3) is 0 Å². The van der Waals surface area contributed by atoms with Crippen LogP contribution in [0.1, 0.15) is 47.6 Å². The molecule has 1 fully saturated rings. The Balaban J connectivity index is 1.98. The molecule has 0 aromatic heterocycles. The van der Waals surface area contributed by atoms with Gasteiger partial charge in [0.15, 0.2) is 0 Å². The second-order valence-corrected chi connectivity index (χ2v) is 9.17. The number of alkyl halides is 6. The molecule has 1 unspecified atom stereocenters. The Morgan fingerprint density at radius 2 is 1.44 bits per heavy atom. The van der Waals surface area contributed by atoms with E-state index in [4.69, 9.17) is 0 Å². The van der Waals surface area contributed by atoms with Crippen LogP contribution in [0.25, 0.3) is 0 Å². The summed E-state index contributed by atoms with van der Waals surface area (Å²) in [5, 5.41) is 3.16. The first-order valence-corrected chi connectivity index (χ1v) is 10.6. The Hall–Kier alpha value is -2.62. The molecule has 10 heteroatoms. The lowest BCUT2D eigenvalue weighted by molar-refractivity contribution is -0.144. The molecule has 34 heavy (non-hydrogen) atoms. The smallest absolute Gasteiger partial charge is 0.340 e. The molecule has 2 aromatic carbocycles. The molecular weight excluding hydrogens is 465 g/mol. The lowest BCUT2D eigenvalue weighted by Gasteiger charge is -2.36. The van der Waals surface area contributed by atoms with Gasteiger partial charge in [-0.15, -0.1) is 0 Å². The van der Waals surface area contributed by atoms with Gasteiger partial charge in [-0.3, -0.25) is 4.79 Å². The van der Waals surface area contributed by atoms with Gasteiger partial charge in [0.05, 0.1) is 22.6 Å².